The predicted octanol–water partition coefficient (Wildman–Crippen LogP) is 5.48. The number of phenols is 5. The molecule has 1 aliphatic rings. The predicted molar refractivity (Wildman–Crippen MR) is 119 cm³/mol. The summed E-state index contributed by atoms with van der Waals surface area (Å²) in [6.45, 7) is 0.171. The van der Waals surface area contributed by atoms with Crippen molar-refractivity contribution in [2.24, 2.45) is 0 Å². The van der Waals surface area contributed by atoms with Crippen LogP contribution in [-0.4, -0.2) is 25.5 Å². The van der Waals surface area contributed by atoms with E-state index in [1.165, 1.54) is 24.3 Å². The Balaban J connectivity index is 1.54. The van der Waals surface area contributed by atoms with Crippen LogP contribution in [0.3, 0.4) is 0 Å². The van der Waals surface area contributed by atoms with Gasteiger partial charge < -0.3 is 44.5 Å². The highest BCUT2D eigenvalue weighted by Crippen LogP contribution is 2.60. The molecule has 0 bridgehead atoms. The summed E-state index contributed by atoms with van der Waals surface area (Å²) in [6.07, 6.45) is 0. The highest BCUT2D eigenvalue weighted by Gasteiger charge is 2.32. The second-order valence-corrected chi connectivity index (χ2v) is 7.44. The monoisotopic (exact) mass is 462 g/mol. The van der Waals surface area contributed by atoms with Crippen molar-refractivity contribution in [1.29, 1.82) is 0 Å². The van der Waals surface area contributed by atoms with Gasteiger partial charge in [-0.15, -0.1) is 0 Å². The summed E-state index contributed by atoms with van der Waals surface area (Å²) < 4.78 is 23.2. The third kappa shape index (κ3) is 3.97. The van der Waals surface area contributed by atoms with Crippen LogP contribution in [0.1, 0.15) is 5.56 Å². The second-order valence-electron chi connectivity index (χ2n) is 7.44. The van der Waals surface area contributed by atoms with E-state index in [4.69, 9.17) is 18.9 Å². The lowest BCUT2D eigenvalue weighted by Gasteiger charge is -2.25. The molecule has 5 N–H and O–H groups in total. The standard InChI is InChI=1S/C25H18O9/c26-14-6-15(27)8-17(7-14)32-22-18(29)11-19(30)23-25(22)34-24-20(9-16(28)10-21(24)33-23)31-12-13-4-2-1-3-5-13/h1-11,26-30H,12H2. The van der Waals surface area contributed by atoms with Crippen molar-refractivity contribution in [3.63, 3.8) is 0 Å². The Bertz CT molecular complexity index is 1360. The molecule has 0 atom stereocenters. The summed E-state index contributed by atoms with van der Waals surface area (Å²) in [5.74, 6) is -1.94. The minimum absolute atomic E-state index is 0.0126. The number of fused-ring (bicyclic) bond motifs is 2. The van der Waals surface area contributed by atoms with Crippen LogP contribution in [0.2, 0.25) is 0 Å². The number of aromatic hydroxyl groups is 5. The number of benzene rings is 4. The summed E-state index contributed by atoms with van der Waals surface area (Å²) in [4.78, 5) is 0. The van der Waals surface area contributed by atoms with Crippen LogP contribution in [0.4, 0.5) is 0 Å². The van der Waals surface area contributed by atoms with Gasteiger partial charge in [-0.2, -0.15) is 0 Å². The maximum Gasteiger partial charge on any atom is 0.220 e. The van der Waals surface area contributed by atoms with Gasteiger partial charge in [0, 0.05) is 36.4 Å². The average Bonchev–Trinajstić information content (AvgIpc) is 2.79. The Labute approximate surface area is 192 Å². The smallest absolute Gasteiger partial charge is 0.220 e. The molecule has 9 heteroatoms. The van der Waals surface area contributed by atoms with E-state index < -0.39 is 11.5 Å². The summed E-state index contributed by atoms with van der Waals surface area (Å²) in [5.41, 5.74) is 0.875. The second kappa shape index (κ2) is 8.21. The Hall–Kier alpha value is -4.92. The van der Waals surface area contributed by atoms with Gasteiger partial charge in [0.15, 0.2) is 23.0 Å². The number of hydrogen-bond acceptors (Lipinski definition) is 9. The molecule has 34 heavy (non-hydrogen) atoms. The molecule has 1 heterocycles. The number of phenolic OH excluding ortho intramolecular Hbond substituents is 5. The van der Waals surface area contributed by atoms with Crippen LogP contribution in [0, 0.1) is 0 Å². The molecule has 0 spiro atoms. The zero-order valence-corrected chi connectivity index (χ0v) is 17.4. The zero-order valence-electron chi connectivity index (χ0n) is 17.4. The molecule has 1 aliphatic heterocycles. The molecule has 0 saturated heterocycles. The van der Waals surface area contributed by atoms with E-state index in [2.05, 4.69) is 0 Å². The molecule has 0 aliphatic carbocycles. The van der Waals surface area contributed by atoms with Crippen molar-refractivity contribution >= 4 is 0 Å². The molecule has 0 aromatic heterocycles. The molecule has 4 aromatic carbocycles. The van der Waals surface area contributed by atoms with Gasteiger partial charge in [-0.05, 0) is 5.56 Å². The third-order valence-corrected chi connectivity index (χ3v) is 4.91. The number of hydrogen-bond donors (Lipinski definition) is 5. The summed E-state index contributed by atoms with van der Waals surface area (Å²) in [5, 5.41) is 50.4. The lowest BCUT2D eigenvalue weighted by atomic mass is 10.2. The fourth-order valence-electron chi connectivity index (χ4n) is 3.42. The van der Waals surface area contributed by atoms with Crippen LogP contribution in [0.25, 0.3) is 0 Å². The highest BCUT2D eigenvalue weighted by molar-refractivity contribution is 5.72. The molecule has 0 radical (unpaired) electrons. The quantitative estimate of drug-likeness (QED) is 0.230. The molecule has 5 rings (SSSR count). The summed E-state index contributed by atoms with van der Waals surface area (Å²) >= 11 is 0. The maximum absolute atomic E-state index is 10.4. The number of rotatable bonds is 5. The van der Waals surface area contributed by atoms with Crippen molar-refractivity contribution < 1.29 is 44.5 Å². The minimum atomic E-state index is -0.489. The molecule has 4 aromatic rings. The van der Waals surface area contributed by atoms with Crippen LogP contribution in [0.15, 0.2) is 66.7 Å². The molecule has 172 valence electrons. The van der Waals surface area contributed by atoms with Gasteiger partial charge in [-0.25, -0.2) is 0 Å². The number of ether oxygens (including phenoxy) is 4. The van der Waals surface area contributed by atoms with Crippen molar-refractivity contribution in [3.05, 3.63) is 72.3 Å². The highest BCUT2D eigenvalue weighted by atomic mass is 16.6. The van der Waals surface area contributed by atoms with Crippen molar-refractivity contribution in [2.75, 3.05) is 0 Å². The average molecular weight is 462 g/mol. The van der Waals surface area contributed by atoms with E-state index in [1.807, 2.05) is 30.3 Å². The summed E-state index contributed by atoms with van der Waals surface area (Å²) in [7, 11) is 0. The van der Waals surface area contributed by atoms with Crippen molar-refractivity contribution in [3.8, 4) is 69.0 Å². The van der Waals surface area contributed by atoms with E-state index >= 15 is 0 Å². The van der Waals surface area contributed by atoms with E-state index in [0.717, 1.165) is 17.7 Å². The van der Waals surface area contributed by atoms with E-state index in [0.29, 0.717) is 0 Å². The van der Waals surface area contributed by atoms with Crippen LogP contribution < -0.4 is 18.9 Å². The van der Waals surface area contributed by atoms with Gasteiger partial charge in [0.25, 0.3) is 0 Å². The lowest BCUT2D eigenvalue weighted by molar-refractivity contribution is 0.266. The Morgan fingerprint density at radius 1 is 0.647 bits per heavy atom. The molecule has 0 saturated carbocycles. The molecule has 9 nitrogen and oxygen atoms in total. The van der Waals surface area contributed by atoms with E-state index in [9.17, 15) is 25.5 Å². The Morgan fingerprint density at radius 2 is 1.35 bits per heavy atom. The minimum Gasteiger partial charge on any atom is -0.508 e. The SMILES string of the molecule is Oc1cc(O)cc(Oc2c(O)cc(O)c3c2Oc2c(OCc4ccccc4)cc(O)cc2O3)c1. The van der Waals surface area contributed by atoms with E-state index in [1.54, 1.807) is 0 Å². The van der Waals surface area contributed by atoms with Gasteiger partial charge in [-0.3, -0.25) is 0 Å². The fourth-order valence-corrected chi connectivity index (χ4v) is 3.42. The van der Waals surface area contributed by atoms with Crippen LogP contribution in [0.5, 0.6) is 69.0 Å². The van der Waals surface area contributed by atoms with Gasteiger partial charge in [0.1, 0.15) is 29.6 Å². The third-order valence-electron chi connectivity index (χ3n) is 4.91. The van der Waals surface area contributed by atoms with Gasteiger partial charge in [0.05, 0.1) is 0 Å². The Morgan fingerprint density at radius 3 is 2.09 bits per heavy atom. The molecular weight excluding hydrogens is 444 g/mol. The fraction of sp³-hybridized carbons (Fsp3) is 0.0400. The van der Waals surface area contributed by atoms with Crippen LogP contribution in [-0.2, 0) is 6.61 Å². The van der Waals surface area contributed by atoms with Gasteiger partial charge in [0.2, 0.25) is 23.0 Å². The molecule has 0 fully saturated rings. The first-order valence-electron chi connectivity index (χ1n) is 10.1. The van der Waals surface area contributed by atoms with Gasteiger partial charge >= 0.3 is 0 Å². The molecule has 0 unspecified atom stereocenters. The summed E-state index contributed by atoms with van der Waals surface area (Å²) in [6, 6.07) is 16.5. The van der Waals surface area contributed by atoms with Crippen molar-refractivity contribution in [1.82, 2.24) is 0 Å². The topological polar surface area (TPSA) is 138 Å². The van der Waals surface area contributed by atoms with Crippen LogP contribution >= 0.6 is 0 Å². The largest absolute Gasteiger partial charge is 0.508 e. The first-order valence-corrected chi connectivity index (χ1v) is 10.1. The zero-order chi connectivity index (χ0) is 23.8. The molecular formula is C25H18O9. The molecule has 0 amide bonds. The maximum atomic E-state index is 10.4. The lowest BCUT2D eigenvalue weighted by Crippen LogP contribution is -2.04. The van der Waals surface area contributed by atoms with Crippen molar-refractivity contribution in [2.45, 2.75) is 6.61 Å². The van der Waals surface area contributed by atoms with E-state index in [-0.39, 0.29) is 64.1 Å². The van der Waals surface area contributed by atoms with Gasteiger partial charge in [-0.1, -0.05) is 30.3 Å². The normalized spacial score (nSPS) is 11.5. The Kier molecular flexibility index (Phi) is 5.06. The first-order chi connectivity index (χ1) is 16.4. The first kappa shape index (κ1) is 21.0.